The standard InChI is InChI=1S/C13H16BrClN2O2/c1-3-16-12(18)8-17(4-2)13(19)10-7-9(14)5-6-11(10)15/h5-7H,3-4,8H2,1-2H3,(H,16,18). The van der Waals surface area contributed by atoms with Gasteiger partial charge in [-0.2, -0.15) is 0 Å². The highest BCUT2D eigenvalue weighted by molar-refractivity contribution is 9.10. The van der Waals surface area contributed by atoms with Crippen molar-refractivity contribution in [3.8, 4) is 0 Å². The van der Waals surface area contributed by atoms with Crippen molar-refractivity contribution in [1.29, 1.82) is 0 Å². The van der Waals surface area contributed by atoms with Gasteiger partial charge in [0.05, 0.1) is 17.1 Å². The van der Waals surface area contributed by atoms with Gasteiger partial charge in [0.1, 0.15) is 0 Å². The van der Waals surface area contributed by atoms with Crippen LogP contribution < -0.4 is 5.32 Å². The first kappa shape index (κ1) is 16.0. The first-order valence-electron chi connectivity index (χ1n) is 6.00. The minimum atomic E-state index is -0.250. The molecule has 0 heterocycles. The number of nitrogens with zero attached hydrogens (tertiary/aromatic N) is 1. The highest BCUT2D eigenvalue weighted by atomic mass is 79.9. The topological polar surface area (TPSA) is 49.4 Å². The van der Waals surface area contributed by atoms with Crippen molar-refractivity contribution in [3.63, 3.8) is 0 Å². The Labute approximate surface area is 126 Å². The minimum Gasteiger partial charge on any atom is -0.355 e. The average Bonchev–Trinajstić information content (AvgIpc) is 2.38. The van der Waals surface area contributed by atoms with E-state index in [4.69, 9.17) is 11.6 Å². The van der Waals surface area contributed by atoms with Crippen LogP contribution in [0.5, 0.6) is 0 Å². The maximum atomic E-state index is 12.3. The Bertz CT molecular complexity index is 480. The monoisotopic (exact) mass is 346 g/mol. The molecule has 6 heteroatoms. The summed E-state index contributed by atoms with van der Waals surface area (Å²) in [4.78, 5) is 25.3. The molecule has 104 valence electrons. The molecule has 0 aliphatic rings. The summed E-state index contributed by atoms with van der Waals surface area (Å²) in [5.41, 5.74) is 0.391. The van der Waals surface area contributed by atoms with E-state index in [-0.39, 0.29) is 18.4 Å². The van der Waals surface area contributed by atoms with Crippen molar-refractivity contribution in [1.82, 2.24) is 10.2 Å². The maximum absolute atomic E-state index is 12.3. The predicted octanol–water partition coefficient (Wildman–Crippen LogP) is 2.70. The molecule has 1 aromatic carbocycles. The smallest absolute Gasteiger partial charge is 0.255 e. The Morgan fingerprint density at radius 1 is 1.37 bits per heavy atom. The van der Waals surface area contributed by atoms with Gasteiger partial charge in [-0.05, 0) is 32.0 Å². The second kappa shape index (κ2) is 7.50. The predicted molar refractivity (Wildman–Crippen MR) is 79.4 cm³/mol. The zero-order valence-corrected chi connectivity index (χ0v) is 13.2. The van der Waals surface area contributed by atoms with Crippen molar-refractivity contribution in [2.24, 2.45) is 0 Å². The molecule has 0 fully saturated rings. The van der Waals surface area contributed by atoms with Gasteiger partial charge in [0.15, 0.2) is 0 Å². The number of halogens is 2. The lowest BCUT2D eigenvalue weighted by Gasteiger charge is -2.21. The summed E-state index contributed by atoms with van der Waals surface area (Å²) in [7, 11) is 0. The van der Waals surface area contributed by atoms with Crippen LogP contribution in [0.15, 0.2) is 22.7 Å². The molecule has 0 aromatic heterocycles. The van der Waals surface area contributed by atoms with Crippen molar-refractivity contribution in [3.05, 3.63) is 33.3 Å². The van der Waals surface area contributed by atoms with E-state index in [1.165, 1.54) is 4.90 Å². The summed E-state index contributed by atoms with van der Waals surface area (Å²) in [6, 6.07) is 5.07. The van der Waals surface area contributed by atoms with Gasteiger partial charge in [-0.15, -0.1) is 0 Å². The van der Waals surface area contributed by atoms with E-state index in [0.29, 0.717) is 23.7 Å². The summed E-state index contributed by atoms with van der Waals surface area (Å²) in [6.45, 7) is 4.68. The second-order valence-electron chi connectivity index (χ2n) is 3.90. The molecule has 0 saturated heterocycles. The summed E-state index contributed by atoms with van der Waals surface area (Å²) >= 11 is 9.32. The molecular weight excluding hydrogens is 332 g/mol. The van der Waals surface area contributed by atoms with Gasteiger partial charge in [-0.25, -0.2) is 0 Å². The van der Waals surface area contributed by atoms with E-state index < -0.39 is 0 Å². The lowest BCUT2D eigenvalue weighted by atomic mass is 10.2. The first-order valence-corrected chi connectivity index (χ1v) is 7.17. The van der Waals surface area contributed by atoms with Gasteiger partial charge in [0.25, 0.3) is 5.91 Å². The largest absolute Gasteiger partial charge is 0.355 e. The number of amides is 2. The first-order chi connectivity index (χ1) is 8.99. The van der Waals surface area contributed by atoms with Crippen LogP contribution in [0.2, 0.25) is 5.02 Å². The number of carbonyl (C=O) groups excluding carboxylic acids is 2. The molecule has 1 N–H and O–H groups in total. The molecule has 0 atom stereocenters. The van der Waals surface area contributed by atoms with Crippen LogP contribution in [0.4, 0.5) is 0 Å². The fraction of sp³-hybridized carbons (Fsp3) is 0.385. The SMILES string of the molecule is CCNC(=O)CN(CC)C(=O)c1cc(Br)ccc1Cl. The number of carbonyl (C=O) groups is 2. The molecule has 0 spiro atoms. The summed E-state index contributed by atoms with van der Waals surface area (Å²) in [6.07, 6.45) is 0. The highest BCUT2D eigenvalue weighted by Crippen LogP contribution is 2.22. The summed E-state index contributed by atoms with van der Waals surface area (Å²) in [5, 5.41) is 3.04. The average molecular weight is 348 g/mol. The fourth-order valence-corrected chi connectivity index (χ4v) is 2.14. The Kier molecular flexibility index (Phi) is 6.31. The third kappa shape index (κ3) is 4.51. The third-order valence-corrected chi connectivity index (χ3v) is 3.36. The van der Waals surface area contributed by atoms with E-state index in [2.05, 4.69) is 21.2 Å². The van der Waals surface area contributed by atoms with Crippen LogP contribution in [0, 0.1) is 0 Å². The summed E-state index contributed by atoms with van der Waals surface area (Å²) in [5.74, 6) is -0.427. The van der Waals surface area contributed by atoms with E-state index in [0.717, 1.165) is 4.47 Å². The maximum Gasteiger partial charge on any atom is 0.255 e. The number of hydrogen-bond donors (Lipinski definition) is 1. The molecule has 4 nitrogen and oxygen atoms in total. The van der Waals surface area contributed by atoms with Gasteiger partial charge >= 0.3 is 0 Å². The molecule has 0 saturated carbocycles. The van der Waals surface area contributed by atoms with Crippen LogP contribution in [0.25, 0.3) is 0 Å². The number of hydrogen-bond acceptors (Lipinski definition) is 2. The van der Waals surface area contributed by atoms with Crippen LogP contribution >= 0.6 is 27.5 Å². The number of nitrogens with one attached hydrogen (secondary N) is 1. The lowest BCUT2D eigenvalue weighted by Crippen LogP contribution is -2.40. The molecule has 0 radical (unpaired) electrons. The van der Waals surface area contributed by atoms with Crippen LogP contribution in [0.3, 0.4) is 0 Å². The number of likely N-dealkylation sites (N-methyl/N-ethyl adjacent to an activating group) is 2. The molecular formula is C13H16BrClN2O2. The van der Waals surface area contributed by atoms with E-state index in [1.807, 2.05) is 13.8 Å². The fourth-order valence-electron chi connectivity index (χ4n) is 1.59. The number of benzene rings is 1. The Morgan fingerprint density at radius 3 is 2.63 bits per heavy atom. The van der Waals surface area contributed by atoms with Crippen LogP contribution in [-0.4, -0.2) is 36.3 Å². The Morgan fingerprint density at radius 2 is 2.05 bits per heavy atom. The zero-order chi connectivity index (χ0) is 14.4. The third-order valence-electron chi connectivity index (χ3n) is 2.54. The van der Waals surface area contributed by atoms with Crippen molar-refractivity contribution < 1.29 is 9.59 Å². The van der Waals surface area contributed by atoms with Gasteiger partial charge in [-0.1, -0.05) is 27.5 Å². The van der Waals surface area contributed by atoms with Crippen molar-refractivity contribution >= 4 is 39.3 Å². The summed E-state index contributed by atoms with van der Waals surface area (Å²) < 4.78 is 0.773. The van der Waals surface area contributed by atoms with Crippen LogP contribution in [0.1, 0.15) is 24.2 Å². The number of rotatable bonds is 5. The lowest BCUT2D eigenvalue weighted by molar-refractivity contribution is -0.121. The molecule has 0 aliphatic heterocycles. The Balaban J connectivity index is 2.89. The quantitative estimate of drug-likeness (QED) is 0.890. The molecule has 1 aromatic rings. The molecule has 2 amide bonds. The van der Waals surface area contributed by atoms with E-state index in [9.17, 15) is 9.59 Å². The van der Waals surface area contributed by atoms with Crippen molar-refractivity contribution in [2.45, 2.75) is 13.8 Å². The molecule has 0 aliphatic carbocycles. The van der Waals surface area contributed by atoms with Gasteiger partial charge < -0.3 is 10.2 Å². The molecule has 0 bridgehead atoms. The zero-order valence-electron chi connectivity index (χ0n) is 10.9. The highest BCUT2D eigenvalue weighted by Gasteiger charge is 2.19. The Hall–Kier alpha value is -1.07. The van der Waals surface area contributed by atoms with Gasteiger partial charge in [0, 0.05) is 17.6 Å². The molecule has 1 rings (SSSR count). The molecule has 19 heavy (non-hydrogen) atoms. The van der Waals surface area contributed by atoms with Crippen molar-refractivity contribution in [2.75, 3.05) is 19.6 Å². The van der Waals surface area contributed by atoms with Crippen LogP contribution in [-0.2, 0) is 4.79 Å². The van der Waals surface area contributed by atoms with E-state index >= 15 is 0 Å². The van der Waals surface area contributed by atoms with Gasteiger partial charge in [-0.3, -0.25) is 9.59 Å². The molecule has 0 unspecified atom stereocenters. The normalized spacial score (nSPS) is 10.1. The second-order valence-corrected chi connectivity index (χ2v) is 5.22. The van der Waals surface area contributed by atoms with Gasteiger partial charge in [0.2, 0.25) is 5.91 Å². The van der Waals surface area contributed by atoms with E-state index in [1.54, 1.807) is 18.2 Å². The minimum absolute atomic E-state index is 0.0337.